The van der Waals surface area contributed by atoms with Gasteiger partial charge in [-0.15, -0.1) is 13.2 Å². The number of allylic oxidation sites excluding steroid dienone is 1. The summed E-state index contributed by atoms with van der Waals surface area (Å²) in [7, 11) is 0. The average Bonchev–Trinajstić information content (AvgIpc) is 2.52. The van der Waals surface area contributed by atoms with Crippen LogP contribution in [0.5, 0.6) is 0 Å². The van der Waals surface area contributed by atoms with E-state index in [1.807, 2.05) is 30.3 Å². The lowest BCUT2D eigenvalue weighted by atomic mass is 9.95. The van der Waals surface area contributed by atoms with Gasteiger partial charge in [-0.2, -0.15) is 0 Å². The van der Waals surface area contributed by atoms with Gasteiger partial charge in [0.1, 0.15) is 0 Å². The maximum absolute atomic E-state index is 12.0. The number of rotatable bonds is 10. The Kier molecular flexibility index (Phi) is 7.64. The summed E-state index contributed by atoms with van der Waals surface area (Å²) >= 11 is 0. The van der Waals surface area contributed by atoms with E-state index in [-0.39, 0.29) is 31.5 Å². The molecule has 0 bridgehead atoms. The molecule has 22 heavy (non-hydrogen) atoms. The first kappa shape index (κ1) is 17.7. The minimum absolute atomic E-state index is 0.100. The molecule has 118 valence electrons. The summed E-state index contributed by atoms with van der Waals surface area (Å²) in [6.45, 7) is 7.34. The molecule has 1 aromatic carbocycles. The molecule has 2 atom stereocenters. The lowest BCUT2D eigenvalue weighted by Crippen LogP contribution is -2.44. The summed E-state index contributed by atoms with van der Waals surface area (Å²) in [4.78, 5) is 23.1. The van der Waals surface area contributed by atoms with E-state index in [0.717, 1.165) is 5.56 Å². The number of carbonyl (C=O) groups excluding carboxylic acids is 1. The largest absolute Gasteiger partial charge is 0.480 e. The third-order valence-corrected chi connectivity index (χ3v) is 3.07. The van der Waals surface area contributed by atoms with Crippen LogP contribution in [-0.4, -0.2) is 36.2 Å². The van der Waals surface area contributed by atoms with Crippen LogP contribution >= 0.6 is 0 Å². The first-order valence-corrected chi connectivity index (χ1v) is 6.96. The number of carboxylic acid groups (broad SMARTS) is 1. The zero-order valence-electron chi connectivity index (χ0n) is 12.4. The minimum Gasteiger partial charge on any atom is -0.480 e. The predicted molar refractivity (Wildman–Crippen MR) is 84.6 cm³/mol. The van der Waals surface area contributed by atoms with Crippen LogP contribution in [-0.2, 0) is 14.3 Å². The molecule has 0 saturated heterocycles. The summed E-state index contributed by atoms with van der Waals surface area (Å²) < 4.78 is 5.09. The van der Waals surface area contributed by atoms with Crippen LogP contribution in [0.4, 0.5) is 0 Å². The van der Waals surface area contributed by atoms with Gasteiger partial charge >= 0.3 is 5.97 Å². The van der Waals surface area contributed by atoms with Crippen LogP contribution in [0.15, 0.2) is 55.6 Å². The fourth-order valence-electron chi connectivity index (χ4n) is 1.93. The number of hydrogen-bond donors (Lipinski definition) is 2. The van der Waals surface area contributed by atoms with Gasteiger partial charge in [0, 0.05) is 12.3 Å². The Balaban J connectivity index is 2.59. The molecule has 0 aliphatic carbocycles. The molecule has 0 saturated carbocycles. The molecule has 0 fully saturated rings. The Morgan fingerprint density at radius 1 is 1.27 bits per heavy atom. The van der Waals surface area contributed by atoms with Gasteiger partial charge in [0.2, 0.25) is 5.91 Å². The Morgan fingerprint density at radius 2 is 1.95 bits per heavy atom. The molecule has 5 nitrogen and oxygen atoms in total. The Morgan fingerprint density at radius 3 is 2.50 bits per heavy atom. The highest BCUT2D eigenvalue weighted by Crippen LogP contribution is 2.20. The van der Waals surface area contributed by atoms with Crippen LogP contribution in [0.1, 0.15) is 17.9 Å². The van der Waals surface area contributed by atoms with Gasteiger partial charge in [-0.3, -0.25) is 4.79 Å². The highest BCUT2D eigenvalue weighted by atomic mass is 16.5. The van der Waals surface area contributed by atoms with Gasteiger partial charge in [0.25, 0.3) is 0 Å². The molecular weight excluding hydrogens is 282 g/mol. The van der Waals surface area contributed by atoms with Crippen LogP contribution in [0.25, 0.3) is 0 Å². The van der Waals surface area contributed by atoms with Crippen molar-refractivity contribution in [3.63, 3.8) is 0 Å². The topological polar surface area (TPSA) is 75.6 Å². The Bertz CT molecular complexity index is 513. The van der Waals surface area contributed by atoms with Crippen molar-refractivity contribution in [3.05, 3.63) is 61.2 Å². The predicted octanol–water partition coefficient (Wildman–Crippen LogP) is 2.12. The summed E-state index contributed by atoms with van der Waals surface area (Å²) in [6.07, 6.45) is 3.33. The molecule has 2 unspecified atom stereocenters. The van der Waals surface area contributed by atoms with E-state index >= 15 is 0 Å². The van der Waals surface area contributed by atoms with Gasteiger partial charge in [-0.05, 0) is 5.56 Å². The SMILES string of the molecule is C=CCOCC(NC(=O)CC(C=C)c1ccccc1)C(=O)O. The van der Waals surface area contributed by atoms with E-state index in [2.05, 4.69) is 18.5 Å². The molecule has 0 radical (unpaired) electrons. The minimum atomic E-state index is -1.13. The number of aliphatic carboxylic acids is 1. The monoisotopic (exact) mass is 303 g/mol. The first-order chi connectivity index (χ1) is 10.6. The van der Waals surface area contributed by atoms with Crippen molar-refractivity contribution >= 4 is 11.9 Å². The number of benzene rings is 1. The van der Waals surface area contributed by atoms with E-state index in [1.54, 1.807) is 6.08 Å². The van der Waals surface area contributed by atoms with Crippen molar-refractivity contribution in [1.29, 1.82) is 0 Å². The van der Waals surface area contributed by atoms with Crippen LogP contribution in [0.3, 0.4) is 0 Å². The second-order valence-electron chi connectivity index (χ2n) is 4.74. The molecule has 1 amide bonds. The highest BCUT2D eigenvalue weighted by molar-refractivity contribution is 5.84. The third-order valence-electron chi connectivity index (χ3n) is 3.07. The molecule has 0 aromatic heterocycles. The van der Waals surface area contributed by atoms with E-state index in [9.17, 15) is 9.59 Å². The molecule has 1 rings (SSSR count). The molecule has 0 heterocycles. The standard InChI is InChI=1S/C17H21NO4/c1-3-10-22-12-15(17(20)21)18-16(19)11-13(4-2)14-8-6-5-7-9-14/h3-9,13,15H,1-2,10-12H2,(H,18,19)(H,20,21). The second kappa shape index (κ2) is 9.52. The van der Waals surface area contributed by atoms with Gasteiger partial charge in [0.15, 0.2) is 6.04 Å². The number of amides is 1. The van der Waals surface area contributed by atoms with Crippen LogP contribution in [0, 0.1) is 0 Å². The fraction of sp³-hybridized carbons (Fsp3) is 0.294. The van der Waals surface area contributed by atoms with Crippen molar-refractivity contribution in [2.75, 3.05) is 13.2 Å². The van der Waals surface area contributed by atoms with E-state index in [1.165, 1.54) is 6.08 Å². The number of nitrogens with one attached hydrogen (secondary N) is 1. The number of ether oxygens (including phenoxy) is 1. The van der Waals surface area contributed by atoms with Crippen LogP contribution in [0.2, 0.25) is 0 Å². The average molecular weight is 303 g/mol. The number of hydrogen-bond acceptors (Lipinski definition) is 3. The van der Waals surface area contributed by atoms with Crippen molar-refractivity contribution in [3.8, 4) is 0 Å². The summed E-state index contributed by atoms with van der Waals surface area (Å²) in [5.74, 6) is -1.65. The molecule has 2 N–H and O–H groups in total. The van der Waals surface area contributed by atoms with Crippen LogP contribution < -0.4 is 5.32 Å². The normalized spacial score (nSPS) is 12.9. The highest BCUT2D eigenvalue weighted by Gasteiger charge is 2.21. The first-order valence-electron chi connectivity index (χ1n) is 6.96. The van der Waals surface area contributed by atoms with E-state index in [0.29, 0.717) is 0 Å². The second-order valence-corrected chi connectivity index (χ2v) is 4.74. The molecular formula is C17H21NO4. The Labute approximate surface area is 130 Å². The maximum atomic E-state index is 12.0. The third kappa shape index (κ3) is 5.93. The van der Waals surface area contributed by atoms with Gasteiger partial charge < -0.3 is 15.2 Å². The maximum Gasteiger partial charge on any atom is 0.328 e. The fourth-order valence-corrected chi connectivity index (χ4v) is 1.93. The Hall–Kier alpha value is -2.40. The van der Waals surface area contributed by atoms with Crippen molar-refractivity contribution in [1.82, 2.24) is 5.32 Å². The zero-order chi connectivity index (χ0) is 16.4. The number of carbonyl (C=O) groups is 2. The van der Waals surface area contributed by atoms with E-state index in [4.69, 9.17) is 9.84 Å². The molecule has 0 aliphatic rings. The lowest BCUT2D eigenvalue weighted by molar-refractivity contribution is -0.143. The zero-order valence-corrected chi connectivity index (χ0v) is 12.4. The van der Waals surface area contributed by atoms with Crippen molar-refractivity contribution in [2.24, 2.45) is 0 Å². The van der Waals surface area contributed by atoms with Gasteiger partial charge in [-0.1, -0.05) is 42.5 Å². The quantitative estimate of drug-likeness (QED) is 0.513. The number of carboxylic acids is 1. The molecule has 5 heteroatoms. The molecule has 1 aromatic rings. The summed E-state index contributed by atoms with van der Waals surface area (Å²) in [6, 6.07) is 8.39. The van der Waals surface area contributed by atoms with E-state index < -0.39 is 12.0 Å². The van der Waals surface area contributed by atoms with Gasteiger partial charge in [-0.25, -0.2) is 4.79 Å². The smallest absolute Gasteiger partial charge is 0.328 e. The van der Waals surface area contributed by atoms with Crippen molar-refractivity contribution in [2.45, 2.75) is 18.4 Å². The molecule has 0 aliphatic heterocycles. The van der Waals surface area contributed by atoms with Crippen molar-refractivity contribution < 1.29 is 19.4 Å². The van der Waals surface area contributed by atoms with Gasteiger partial charge in [0.05, 0.1) is 13.2 Å². The summed E-state index contributed by atoms with van der Waals surface area (Å²) in [5.41, 5.74) is 0.961. The summed E-state index contributed by atoms with van der Waals surface area (Å²) in [5, 5.41) is 11.6. The molecule has 0 spiro atoms. The lowest BCUT2D eigenvalue weighted by Gasteiger charge is -2.17.